The second kappa shape index (κ2) is 5.38. The molecular formula is C11H11F2NO3. The Kier molecular flexibility index (Phi) is 4.14. The molecule has 2 N–H and O–H groups in total. The predicted octanol–water partition coefficient (Wildman–Crippen LogP) is 2.01. The molecule has 0 bridgehead atoms. The average Bonchev–Trinajstić information content (AvgIpc) is 2.15. The van der Waals surface area contributed by atoms with Crippen LogP contribution in [0.4, 0.5) is 14.5 Å². The first-order valence-electron chi connectivity index (χ1n) is 4.93. The highest BCUT2D eigenvalue weighted by atomic mass is 19.1. The summed E-state index contributed by atoms with van der Waals surface area (Å²) in [6.07, 6.45) is 0.0962. The summed E-state index contributed by atoms with van der Waals surface area (Å²) in [7, 11) is 0. The summed E-state index contributed by atoms with van der Waals surface area (Å²) < 4.78 is 25.6. The van der Waals surface area contributed by atoms with Crippen molar-refractivity contribution in [2.24, 2.45) is 5.92 Å². The first-order chi connectivity index (χ1) is 7.93. The number of carboxylic acid groups (broad SMARTS) is 1. The van der Waals surface area contributed by atoms with Gasteiger partial charge in [-0.15, -0.1) is 0 Å². The Labute approximate surface area is 96.3 Å². The summed E-state index contributed by atoms with van der Waals surface area (Å²) in [5.41, 5.74) is -0.104. The zero-order valence-electron chi connectivity index (χ0n) is 9.04. The van der Waals surface area contributed by atoms with Gasteiger partial charge < -0.3 is 10.4 Å². The number of carbonyl (C=O) groups is 2. The number of aliphatic carboxylic acids is 1. The van der Waals surface area contributed by atoms with Crippen molar-refractivity contribution < 1.29 is 23.5 Å². The molecule has 0 aliphatic heterocycles. The summed E-state index contributed by atoms with van der Waals surface area (Å²) in [6.45, 7) is 1.53. The van der Waals surface area contributed by atoms with E-state index in [1.165, 1.54) is 6.92 Å². The number of benzene rings is 1. The Bertz CT molecular complexity index is 428. The van der Waals surface area contributed by atoms with E-state index in [1.54, 1.807) is 0 Å². The topological polar surface area (TPSA) is 66.4 Å². The first kappa shape index (κ1) is 13.1. The molecule has 0 aliphatic carbocycles. The quantitative estimate of drug-likeness (QED) is 0.795. The van der Waals surface area contributed by atoms with Crippen LogP contribution in [0.3, 0.4) is 0 Å². The van der Waals surface area contributed by atoms with E-state index >= 15 is 0 Å². The Balaban J connectivity index is 2.83. The number of halogens is 2. The monoisotopic (exact) mass is 243 g/mol. The smallest absolute Gasteiger partial charge is 0.316 e. The summed E-state index contributed by atoms with van der Waals surface area (Å²) >= 11 is 0. The van der Waals surface area contributed by atoms with E-state index in [0.717, 1.165) is 12.1 Å². The molecule has 4 nitrogen and oxygen atoms in total. The maximum absolute atomic E-state index is 12.8. The number of nitrogens with one attached hydrogen (secondary N) is 1. The molecule has 0 spiro atoms. The van der Waals surface area contributed by atoms with Crippen LogP contribution < -0.4 is 5.32 Å². The molecule has 0 saturated carbocycles. The number of rotatable bonds is 4. The van der Waals surface area contributed by atoms with Gasteiger partial charge in [0.1, 0.15) is 17.6 Å². The van der Waals surface area contributed by atoms with Gasteiger partial charge in [0.15, 0.2) is 0 Å². The molecule has 0 aliphatic rings. The van der Waals surface area contributed by atoms with Crippen molar-refractivity contribution in [3.63, 3.8) is 0 Å². The van der Waals surface area contributed by atoms with Gasteiger partial charge in [-0.25, -0.2) is 8.78 Å². The Morgan fingerprint density at radius 2 is 1.82 bits per heavy atom. The van der Waals surface area contributed by atoms with Crippen LogP contribution in [0.5, 0.6) is 0 Å². The third-order valence-corrected chi connectivity index (χ3v) is 2.15. The van der Waals surface area contributed by atoms with Gasteiger partial charge in [-0.3, -0.25) is 9.59 Å². The fraction of sp³-hybridized carbons (Fsp3) is 0.273. The molecule has 0 fully saturated rings. The van der Waals surface area contributed by atoms with Crippen LogP contribution >= 0.6 is 0 Å². The van der Waals surface area contributed by atoms with Crippen molar-refractivity contribution in [1.29, 1.82) is 0 Å². The van der Waals surface area contributed by atoms with Crippen LogP contribution in [0.1, 0.15) is 13.3 Å². The van der Waals surface area contributed by atoms with Gasteiger partial charge in [0, 0.05) is 11.8 Å². The van der Waals surface area contributed by atoms with E-state index in [1.807, 2.05) is 0 Å². The number of anilines is 1. The molecule has 0 aromatic heterocycles. The van der Waals surface area contributed by atoms with Gasteiger partial charge in [0.05, 0.1) is 0 Å². The highest BCUT2D eigenvalue weighted by Gasteiger charge is 2.24. The number of carboxylic acids is 1. The second-order valence-electron chi connectivity index (χ2n) is 3.45. The largest absolute Gasteiger partial charge is 0.481 e. The number of hydrogen-bond acceptors (Lipinski definition) is 2. The lowest BCUT2D eigenvalue weighted by molar-refractivity contribution is -0.145. The lowest BCUT2D eigenvalue weighted by atomic mass is 10.1. The number of hydrogen-bond donors (Lipinski definition) is 2. The van der Waals surface area contributed by atoms with Gasteiger partial charge in [-0.2, -0.15) is 0 Å². The van der Waals surface area contributed by atoms with E-state index in [9.17, 15) is 18.4 Å². The molecule has 0 saturated heterocycles. The molecule has 0 radical (unpaired) electrons. The normalized spacial score (nSPS) is 11.9. The SMILES string of the molecule is CCC(C(=O)O)C(=O)Nc1cc(F)cc(F)c1. The average molecular weight is 243 g/mol. The summed E-state index contributed by atoms with van der Waals surface area (Å²) in [5, 5.41) is 10.9. The van der Waals surface area contributed by atoms with Gasteiger partial charge in [0.25, 0.3) is 0 Å². The number of amides is 1. The Hall–Kier alpha value is -1.98. The molecule has 1 atom stereocenters. The maximum atomic E-state index is 12.8. The van der Waals surface area contributed by atoms with Crippen molar-refractivity contribution in [3.05, 3.63) is 29.8 Å². The molecule has 92 valence electrons. The van der Waals surface area contributed by atoms with Gasteiger partial charge in [0.2, 0.25) is 5.91 Å². The van der Waals surface area contributed by atoms with Gasteiger partial charge in [-0.05, 0) is 18.6 Å². The van der Waals surface area contributed by atoms with E-state index < -0.39 is 29.4 Å². The van der Waals surface area contributed by atoms with Crippen molar-refractivity contribution >= 4 is 17.6 Å². The van der Waals surface area contributed by atoms with Crippen LogP contribution in [0.2, 0.25) is 0 Å². The van der Waals surface area contributed by atoms with E-state index in [0.29, 0.717) is 6.07 Å². The van der Waals surface area contributed by atoms with Crippen LogP contribution in [0.25, 0.3) is 0 Å². The second-order valence-corrected chi connectivity index (χ2v) is 3.45. The first-order valence-corrected chi connectivity index (χ1v) is 4.93. The van der Waals surface area contributed by atoms with E-state index in [4.69, 9.17) is 5.11 Å². The molecule has 0 heterocycles. The molecular weight excluding hydrogens is 232 g/mol. The lowest BCUT2D eigenvalue weighted by Gasteiger charge is -2.10. The van der Waals surface area contributed by atoms with Crippen molar-refractivity contribution in [2.45, 2.75) is 13.3 Å². The van der Waals surface area contributed by atoms with Crippen LogP contribution in [-0.2, 0) is 9.59 Å². The van der Waals surface area contributed by atoms with Crippen LogP contribution in [-0.4, -0.2) is 17.0 Å². The van der Waals surface area contributed by atoms with Crippen molar-refractivity contribution in [3.8, 4) is 0 Å². The summed E-state index contributed by atoms with van der Waals surface area (Å²) in [6, 6.07) is 2.48. The molecule has 1 aromatic rings. The molecule has 6 heteroatoms. The zero-order valence-corrected chi connectivity index (χ0v) is 9.04. The van der Waals surface area contributed by atoms with Crippen molar-refractivity contribution in [2.75, 3.05) is 5.32 Å². The number of carbonyl (C=O) groups excluding carboxylic acids is 1. The molecule has 17 heavy (non-hydrogen) atoms. The van der Waals surface area contributed by atoms with Gasteiger partial charge >= 0.3 is 5.97 Å². The minimum absolute atomic E-state index is 0.0962. The van der Waals surface area contributed by atoms with Crippen LogP contribution in [0, 0.1) is 17.6 Å². The lowest BCUT2D eigenvalue weighted by Crippen LogP contribution is -2.29. The minimum Gasteiger partial charge on any atom is -0.481 e. The minimum atomic E-state index is -1.28. The standard InChI is InChI=1S/C11H11F2NO3/c1-2-9(11(16)17)10(15)14-8-4-6(12)3-7(13)5-8/h3-5,9H,2H2,1H3,(H,14,15)(H,16,17). The molecule has 1 aromatic carbocycles. The Morgan fingerprint density at radius 1 is 1.29 bits per heavy atom. The van der Waals surface area contributed by atoms with E-state index in [2.05, 4.69) is 5.32 Å². The third-order valence-electron chi connectivity index (χ3n) is 2.15. The predicted molar refractivity (Wildman–Crippen MR) is 56.4 cm³/mol. The molecule has 1 amide bonds. The fourth-order valence-electron chi connectivity index (χ4n) is 1.33. The highest BCUT2D eigenvalue weighted by Crippen LogP contribution is 2.15. The maximum Gasteiger partial charge on any atom is 0.316 e. The zero-order chi connectivity index (χ0) is 13.0. The van der Waals surface area contributed by atoms with Crippen LogP contribution in [0.15, 0.2) is 18.2 Å². The summed E-state index contributed by atoms with van der Waals surface area (Å²) in [4.78, 5) is 22.2. The molecule has 1 rings (SSSR count). The third kappa shape index (κ3) is 3.51. The highest BCUT2D eigenvalue weighted by molar-refractivity contribution is 6.04. The van der Waals surface area contributed by atoms with Crippen molar-refractivity contribution in [1.82, 2.24) is 0 Å². The van der Waals surface area contributed by atoms with Gasteiger partial charge in [-0.1, -0.05) is 6.92 Å². The van der Waals surface area contributed by atoms with E-state index in [-0.39, 0.29) is 12.1 Å². The fourth-order valence-corrected chi connectivity index (χ4v) is 1.33. The molecule has 1 unspecified atom stereocenters. The Morgan fingerprint density at radius 3 is 2.24 bits per heavy atom. The summed E-state index contributed by atoms with van der Waals surface area (Å²) in [5.74, 6) is -5.00.